The van der Waals surface area contributed by atoms with Crippen LogP contribution in [0.1, 0.15) is 23.1 Å². The largest absolute Gasteiger partial charge is 0.367 e. The second kappa shape index (κ2) is 5.45. The topological polar surface area (TPSA) is 29.3 Å². The first kappa shape index (κ1) is 12.2. The van der Waals surface area contributed by atoms with Gasteiger partial charge in [-0.2, -0.15) is 0 Å². The molecule has 0 spiro atoms. The van der Waals surface area contributed by atoms with Gasteiger partial charge in [0.15, 0.2) is 0 Å². The first-order chi connectivity index (χ1) is 9.36. The molecule has 0 saturated heterocycles. The molecule has 2 heteroatoms. The molecule has 0 saturated carbocycles. The Kier molecular flexibility index (Phi) is 3.51. The maximum absolute atomic E-state index is 5.71. The van der Waals surface area contributed by atoms with E-state index < -0.39 is 0 Å². The molecule has 19 heavy (non-hydrogen) atoms. The minimum absolute atomic E-state index is 0.616. The van der Waals surface area contributed by atoms with Crippen molar-refractivity contribution in [2.24, 2.45) is 5.73 Å². The van der Waals surface area contributed by atoms with Gasteiger partial charge in [0.2, 0.25) is 0 Å². The summed E-state index contributed by atoms with van der Waals surface area (Å²) in [5.74, 6) is 0. The first-order valence-corrected chi connectivity index (χ1v) is 6.97. The normalized spacial score (nSPS) is 14.3. The molecule has 98 valence electrons. The van der Waals surface area contributed by atoms with Crippen molar-refractivity contribution < 1.29 is 0 Å². The molecule has 0 amide bonds. The molecule has 0 atom stereocenters. The number of benzene rings is 2. The van der Waals surface area contributed by atoms with Gasteiger partial charge in [0.05, 0.1) is 0 Å². The standard InChI is InChI=1S/C17H20N2/c18-12-14-5-3-6-15(11-14)13-19-10-4-8-16-7-1-2-9-17(16)19/h1-3,5-7,9,11H,4,8,10,12-13,18H2. The highest BCUT2D eigenvalue weighted by Crippen LogP contribution is 2.28. The van der Waals surface area contributed by atoms with Crippen molar-refractivity contribution in [3.63, 3.8) is 0 Å². The van der Waals surface area contributed by atoms with Crippen molar-refractivity contribution in [1.29, 1.82) is 0 Å². The molecule has 0 bridgehead atoms. The van der Waals surface area contributed by atoms with Gasteiger partial charge in [-0.05, 0) is 35.6 Å². The fourth-order valence-corrected chi connectivity index (χ4v) is 2.85. The van der Waals surface area contributed by atoms with Crippen LogP contribution in [0.5, 0.6) is 0 Å². The summed E-state index contributed by atoms with van der Waals surface area (Å²) in [7, 11) is 0. The second-order valence-corrected chi connectivity index (χ2v) is 5.18. The summed E-state index contributed by atoms with van der Waals surface area (Å²) in [5, 5.41) is 0. The molecule has 1 heterocycles. The average Bonchev–Trinajstić information content (AvgIpc) is 2.48. The van der Waals surface area contributed by atoms with Crippen LogP contribution in [0.4, 0.5) is 5.69 Å². The minimum Gasteiger partial charge on any atom is -0.367 e. The van der Waals surface area contributed by atoms with Crippen LogP contribution in [-0.2, 0) is 19.5 Å². The van der Waals surface area contributed by atoms with Crippen molar-refractivity contribution in [3.05, 3.63) is 65.2 Å². The zero-order chi connectivity index (χ0) is 13.1. The molecule has 2 nitrogen and oxygen atoms in total. The van der Waals surface area contributed by atoms with E-state index in [1.165, 1.54) is 35.2 Å². The quantitative estimate of drug-likeness (QED) is 0.909. The Morgan fingerprint density at radius 2 is 1.84 bits per heavy atom. The molecule has 0 fully saturated rings. The van der Waals surface area contributed by atoms with Gasteiger partial charge in [-0.3, -0.25) is 0 Å². The van der Waals surface area contributed by atoms with Crippen LogP contribution in [0.15, 0.2) is 48.5 Å². The zero-order valence-corrected chi connectivity index (χ0v) is 11.2. The number of para-hydroxylation sites is 1. The van der Waals surface area contributed by atoms with Gasteiger partial charge in [-0.1, -0.05) is 42.5 Å². The molecule has 0 radical (unpaired) electrons. The first-order valence-electron chi connectivity index (χ1n) is 6.97. The average molecular weight is 252 g/mol. The lowest BCUT2D eigenvalue weighted by Crippen LogP contribution is -2.28. The van der Waals surface area contributed by atoms with E-state index >= 15 is 0 Å². The van der Waals surface area contributed by atoms with Crippen molar-refractivity contribution in [2.75, 3.05) is 11.4 Å². The van der Waals surface area contributed by atoms with E-state index in [9.17, 15) is 0 Å². The Morgan fingerprint density at radius 1 is 1.00 bits per heavy atom. The third-order valence-corrected chi connectivity index (χ3v) is 3.81. The summed E-state index contributed by atoms with van der Waals surface area (Å²) in [4.78, 5) is 2.48. The lowest BCUT2D eigenvalue weighted by atomic mass is 10.0. The highest BCUT2D eigenvalue weighted by molar-refractivity contribution is 5.55. The number of rotatable bonds is 3. The van der Waals surface area contributed by atoms with Crippen molar-refractivity contribution in [2.45, 2.75) is 25.9 Å². The van der Waals surface area contributed by atoms with Gasteiger partial charge < -0.3 is 10.6 Å². The zero-order valence-electron chi connectivity index (χ0n) is 11.2. The fourth-order valence-electron chi connectivity index (χ4n) is 2.85. The van der Waals surface area contributed by atoms with Crippen molar-refractivity contribution in [3.8, 4) is 0 Å². The SMILES string of the molecule is NCc1cccc(CN2CCCc3ccccc32)c1. The van der Waals surface area contributed by atoms with Crippen LogP contribution in [-0.4, -0.2) is 6.54 Å². The van der Waals surface area contributed by atoms with Crippen LogP contribution < -0.4 is 10.6 Å². The summed E-state index contributed by atoms with van der Waals surface area (Å²) < 4.78 is 0. The second-order valence-electron chi connectivity index (χ2n) is 5.18. The number of hydrogen-bond donors (Lipinski definition) is 1. The van der Waals surface area contributed by atoms with Crippen LogP contribution in [0.3, 0.4) is 0 Å². The number of anilines is 1. The van der Waals surface area contributed by atoms with E-state index in [-0.39, 0.29) is 0 Å². The Hall–Kier alpha value is -1.80. The third kappa shape index (κ3) is 2.64. The molecular formula is C17H20N2. The summed E-state index contributed by atoms with van der Waals surface area (Å²) in [5.41, 5.74) is 11.1. The highest BCUT2D eigenvalue weighted by Gasteiger charge is 2.16. The smallest absolute Gasteiger partial charge is 0.0429 e. The summed E-state index contributed by atoms with van der Waals surface area (Å²) in [6.07, 6.45) is 2.45. The predicted octanol–water partition coefficient (Wildman–Crippen LogP) is 3.10. The van der Waals surface area contributed by atoms with E-state index in [0.717, 1.165) is 13.1 Å². The Balaban J connectivity index is 1.84. The molecule has 0 aromatic heterocycles. The van der Waals surface area contributed by atoms with E-state index in [1.54, 1.807) is 0 Å². The van der Waals surface area contributed by atoms with Gasteiger partial charge in [0.25, 0.3) is 0 Å². The maximum Gasteiger partial charge on any atom is 0.0429 e. The summed E-state index contributed by atoms with van der Waals surface area (Å²) in [6.45, 7) is 2.74. The molecule has 0 unspecified atom stereocenters. The molecule has 3 rings (SSSR count). The van der Waals surface area contributed by atoms with Crippen LogP contribution in [0.2, 0.25) is 0 Å². The van der Waals surface area contributed by atoms with E-state index in [1.807, 2.05) is 0 Å². The van der Waals surface area contributed by atoms with Crippen LogP contribution >= 0.6 is 0 Å². The molecule has 1 aliphatic rings. The predicted molar refractivity (Wildman–Crippen MR) is 80.1 cm³/mol. The number of fused-ring (bicyclic) bond motifs is 1. The van der Waals surface area contributed by atoms with E-state index in [0.29, 0.717) is 6.54 Å². The van der Waals surface area contributed by atoms with Gasteiger partial charge in [-0.25, -0.2) is 0 Å². The van der Waals surface area contributed by atoms with Gasteiger partial charge in [-0.15, -0.1) is 0 Å². The maximum atomic E-state index is 5.71. The van der Waals surface area contributed by atoms with Crippen LogP contribution in [0, 0.1) is 0 Å². The molecule has 0 aliphatic carbocycles. The van der Waals surface area contributed by atoms with Gasteiger partial charge >= 0.3 is 0 Å². The van der Waals surface area contributed by atoms with Crippen LogP contribution in [0.25, 0.3) is 0 Å². The Bertz CT molecular complexity index is 563. The number of hydrogen-bond acceptors (Lipinski definition) is 2. The molecule has 2 N–H and O–H groups in total. The molecule has 2 aromatic carbocycles. The van der Waals surface area contributed by atoms with E-state index in [2.05, 4.69) is 53.4 Å². The summed E-state index contributed by atoms with van der Waals surface area (Å²) in [6, 6.07) is 17.4. The third-order valence-electron chi connectivity index (χ3n) is 3.81. The van der Waals surface area contributed by atoms with Crippen molar-refractivity contribution in [1.82, 2.24) is 0 Å². The van der Waals surface area contributed by atoms with Gasteiger partial charge in [0, 0.05) is 25.3 Å². The van der Waals surface area contributed by atoms with E-state index in [4.69, 9.17) is 5.73 Å². The molecular weight excluding hydrogens is 232 g/mol. The number of aryl methyl sites for hydroxylation is 1. The monoisotopic (exact) mass is 252 g/mol. The minimum atomic E-state index is 0.616. The van der Waals surface area contributed by atoms with Gasteiger partial charge in [0.1, 0.15) is 0 Å². The fraction of sp³-hybridized carbons (Fsp3) is 0.294. The summed E-state index contributed by atoms with van der Waals surface area (Å²) >= 11 is 0. The lowest BCUT2D eigenvalue weighted by Gasteiger charge is -2.31. The number of nitrogens with two attached hydrogens (primary N) is 1. The van der Waals surface area contributed by atoms with Crippen molar-refractivity contribution >= 4 is 5.69 Å². The number of nitrogens with zero attached hydrogens (tertiary/aromatic N) is 1. The Labute approximate surface area is 114 Å². The molecule has 1 aliphatic heterocycles. The lowest BCUT2D eigenvalue weighted by molar-refractivity contribution is 0.691. The molecule has 2 aromatic rings. The highest BCUT2D eigenvalue weighted by atomic mass is 15.1. The Morgan fingerprint density at radius 3 is 2.74 bits per heavy atom.